The number of fused-ring (bicyclic) bond motifs is 1. The van der Waals surface area contributed by atoms with Gasteiger partial charge in [0.25, 0.3) is 0 Å². The van der Waals surface area contributed by atoms with Crippen molar-refractivity contribution in [3.63, 3.8) is 0 Å². The molecule has 0 saturated carbocycles. The molecule has 3 rings (SSSR count). The number of hydrogen-bond acceptors (Lipinski definition) is 9. The van der Waals surface area contributed by atoms with E-state index in [0.717, 1.165) is 15.8 Å². The van der Waals surface area contributed by atoms with Crippen LogP contribution in [0.4, 0.5) is 0 Å². The summed E-state index contributed by atoms with van der Waals surface area (Å²) in [5, 5.41) is 9.96. The van der Waals surface area contributed by atoms with E-state index in [4.69, 9.17) is 10.6 Å². The molecular weight excluding hydrogens is 336 g/mol. The fraction of sp³-hybridized carbons (Fsp3) is 0.308. The summed E-state index contributed by atoms with van der Waals surface area (Å²) in [6.07, 6.45) is 1.46. The Balaban J connectivity index is 2.08. The molecule has 3 heterocycles. The number of hydrogen-bond donors (Lipinski definition) is 1. The molecule has 10 heteroatoms. The summed E-state index contributed by atoms with van der Waals surface area (Å²) in [6.45, 7) is 5.73. The zero-order valence-electron chi connectivity index (χ0n) is 12.7. The number of rotatable bonds is 4. The molecule has 0 atom stereocenters. The summed E-state index contributed by atoms with van der Waals surface area (Å²) in [4.78, 5) is 21.9. The molecule has 0 aliphatic carbocycles. The van der Waals surface area contributed by atoms with Gasteiger partial charge in [-0.25, -0.2) is 19.4 Å². The summed E-state index contributed by atoms with van der Waals surface area (Å²) >= 11 is 2.58. The average molecular weight is 350 g/mol. The second-order valence-electron chi connectivity index (χ2n) is 4.64. The largest absolute Gasteiger partial charge is 0.462 e. The maximum absolute atomic E-state index is 12.0. The number of nitrogen functional groups attached to an aromatic ring is 1. The molecule has 3 aromatic heterocycles. The minimum Gasteiger partial charge on any atom is -0.462 e. The lowest BCUT2D eigenvalue weighted by molar-refractivity contribution is 0.0531. The van der Waals surface area contributed by atoms with Crippen LogP contribution in [0.5, 0.6) is 0 Å². The SMILES string of the molecule is CCOC(=O)c1sc2ncnc(Sc3nnc(C)n3N)c2c1C. The van der Waals surface area contributed by atoms with Crippen LogP contribution in [0.3, 0.4) is 0 Å². The van der Waals surface area contributed by atoms with Gasteiger partial charge in [0, 0.05) is 5.39 Å². The van der Waals surface area contributed by atoms with Gasteiger partial charge in [0.2, 0.25) is 5.16 Å². The molecule has 0 aliphatic rings. The Morgan fingerprint density at radius 2 is 2.17 bits per heavy atom. The molecule has 0 spiro atoms. The summed E-state index contributed by atoms with van der Waals surface area (Å²) in [6, 6.07) is 0. The molecular formula is C13H14N6O2S2. The Morgan fingerprint density at radius 1 is 1.39 bits per heavy atom. The fourth-order valence-corrected chi connectivity index (χ4v) is 4.06. The van der Waals surface area contributed by atoms with Crippen molar-refractivity contribution < 1.29 is 9.53 Å². The molecule has 0 bridgehead atoms. The third kappa shape index (κ3) is 2.75. The van der Waals surface area contributed by atoms with Crippen LogP contribution in [0, 0.1) is 13.8 Å². The van der Waals surface area contributed by atoms with E-state index in [1.165, 1.54) is 34.1 Å². The van der Waals surface area contributed by atoms with Crippen LogP contribution in [0.1, 0.15) is 28.0 Å². The van der Waals surface area contributed by atoms with E-state index in [9.17, 15) is 4.79 Å². The van der Waals surface area contributed by atoms with Crippen molar-refractivity contribution in [1.29, 1.82) is 0 Å². The first-order chi connectivity index (χ1) is 11.0. The van der Waals surface area contributed by atoms with E-state index >= 15 is 0 Å². The highest BCUT2D eigenvalue weighted by molar-refractivity contribution is 7.99. The zero-order chi connectivity index (χ0) is 16.6. The Hall–Kier alpha value is -2.20. The van der Waals surface area contributed by atoms with Crippen molar-refractivity contribution in [3.05, 3.63) is 22.6 Å². The van der Waals surface area contributed by atoms with E-state index in [2.05, 4.69) is 20.2 Å². The van der Waals surface area contributed by atoms with Crippen LogP contribution < -0.4 is 5.84 Å². The van der Waals surface area contributed by atoms with Gasteiger partial charge >= 0.3 is 5.97 Å². The van der Waals surface area contributed by atoms with Crippen LogP contribution in [-0.4, -0.2) is 37.4 Å². The van der Waals surface area contributed by atoms with Crippen LogP contribution >= 0.6 is 23.1 Å². The van der Waals surface area contributed by atoms with Gasteiger partial charge in [-0.15, -0.1) is 21.5 Å². The monoisotopic (exact) mass is 350 g/mol. The van der Waals surface area contributed by atoms with Crippen molar-refractivity contribution in [1.82, 2.24) is 24.8 Å². The number of nitrogens with zero attached hydrogens (tertiary/aromatic N) is 5. The molecule has 120 valence electrons. The zero-order valence-corrected chi connectivity index (χ0v) is 14.4. The van der Waals surface area contributed by atoms with E-state index < -0.39 is 0 Å². The van der Waals surface area contributed by atoms with E-state index in [0.29, 0.717) is 27.5 Å². The van der Waals surface area contributed by atoms with Gasteiger partial charge in [0.05, 0.1) is 6.61 Å². The van der Waals surface area contributed by atoms with Crippen LogP contribution in [-0.2, 0) is 4.74 Å². The molecule has 0 amide bonds. The van der Waals surface area contributed by atoms with Crippen molar-refractivity contribution in [3.8, 4) is 0 Å². The lowest BCUT2D eigenvalue weighted by atomic mass is 10.2. The molecule has 0 aliphatic heterocycles. The molecule has 0 fully saturated rings. The second-order valence-corrected chi connectivity index (χ2v) is 6.59. The number of aryl methyl sites for hydroxylation is 2. The van der Waals surface area contributed by atoms with E-state index in [1.54, 1.807) is 13.8 Å². The number of carbonyl (C=O) groups is 1. The normalized spacial score (nSPS) is 11.1. The van der Waals surface area contributed by atoms with Gasteiger partial charge in [0.1, 0.15) is 26.9 Å². The number of carbonyl (C=O) groups excluding carboxylic acids is 1. The van der Waals surface area contributed by atoms with Crippen molar-refractivity contribution in [2.75, 3.05) is 12.4 Å². The summed E-state index contributed by atoms with van der Waals surface area (Å²) in [5.74, 6) is 6.14. The first-order valence-electron chi connectivity index (χ1n) is 6.79. The minimum absolute atomic E-state index is 0.329. The summed E-state index contributed by atoms with van der Waals surface area (Å²) < 4.78 is 6.48. The molecule has 0 aromatic carbocycles. The predicted molar refractivity (Wildman–Crippen MR) is 87.1 cm³/mol. The van der Waals surface area contributed by atoms with E-state index in [-0.39, 0.29) is 5.97 Å². The van der Waals surface area contributed by atoms with Crippen LogP contribution in [0.15, 0.2) is 16.5 Å². The Kier molecular flexibility index (Phi) is 4.18. The van der Waals surface area contributed by atoms with Crippen LogP contribution in [0.25, 0.3) is 10.2 Å². The third-order valence-corrected chi connectivity index (χ3v) is 5.32. The van der Waals surface area contributed by atoms with Crippen molar-refractivity contribution >= 4 is 39.3 Å². The smallest absolute Gasteiger partial charge is 0.348 e. The van der Waals surface area contributed by atoms with E-state index in [1.807, 2.05) is 6.92 Å². The molecule has 2 N–H and O–H groups in total. The Morgan fingerprint density at radius 3 is 2.83 bits per heavy atom. The third-order valence-electron chi connectivity index (χ3n) is 3.18. The molecule has 8 nitrogen and oxygen atoms in total. The average Bonchev–Trinajstić information content (AvgIpc) is 3.03. The van der Waals surface area contributed by atoms with Gasteiger partial charge in [-0.2, -0.15) is 0 Å². The van der Waals surface area contributed by atoms with Gasteiger partial charge < -0.3 is 10.6 Å². The summed E-state index contributed by atoms with van der Waals surface area (Å²) in [7, 11) is 0. The number of ether oxygens (including phenoxy) is 1. The van der Waals surface area contributed by atoms with Gasteiger partial charge in [-0.1, -0.05) is 0 Å². The Bertz CT molecular complexity index is 888. The number of nitrogens with two attached hydrogens (primary N) is 1. The lowest BCUT2D eigenvalue weighted by Crippen LogP contribution is -2.11. The molecule has 0 saturated heterocycles. The highest BCUT2D eigenvalue weighted by Gasteiger charge is 2.21. The molecule has 23 heavy (non-hydrogen) atoms. The minimum atomic E-state index is -0.346. The van der Waals surface area contributed by atoms with Crippen LogP contribution in [0.2, 0.25) is 0 Å². The van der Waals surface area contributed by atoms with Gasteiger partial charge in [0.15, 0.2) is 0 Å². The first-order valence-corrected chi connectivity index (χ1v) is 8.42. The highest BCUT2D eigenvalue weighted by Crippen LogP contribution is 2.37. The molecule has 0 unspecified atom stereocenters. The maximum atomic E-state index is 12.0. The first kappa shape index (κ1) is 15.7. The summed E-state index contributed by atoms with van der Waals surface area (Å²) in [5.41, 5.74) is 0.798. The molecule has 0 radical (unpaired) electrons. The second kappa shape index (κ2) is 6.13. The van der Waals surface area contributed by atoms with Crippen molar-refractivity contribution in [2.24, 2.45) is 0 Å². The van der Waals surface area contributed by atoms with Gasteiger partial charge in [-0.3, -0.25) is 0 Å². The Labute approximate surface area is 140 Å². The van der Waals surface area contributed by atoms with Crippen molar-refractivity contribution in [2.45, 2.75) is 31.0 Å². The predicted octanol–water partition coefficient (Wildman–Crippen LogP) is 1.94. The molecule has 3 aromatic rings. The number of aromatic nitrogens is 5. The van der Waals surface area contributed by atoms with Gasteiger partial charge in [-0.05, 0) is 38.1 Å². The quantitative estimate of drug-likeness (QED) is 0.432. The lowest BCUT2D eigenvalue weighted by Gasteiger charge is -2.03. The number of thiophene rings is 1. The standard InChI is InChI=1S/C13H14N6O2S2/c1-4-21-12(20)9-6(2)8-10(22-9)15-5-16-11(8)23-13-18-17-7(3)19(13)14/h5H,4,14H2,1-3H3. The fourth-order valence-electron chi connectivity index (χ4n) is 2.01. The maximum Gasteiger partial charge on any atom is 0.348 e. The number of esters is 1. The topological polar surface area (TPSA) is 109 Å². The highest BCUT2D eigenvalue weighted by atomic mass is 32.2.